The fourth-order valence-corrected chi connectivity index (χ4v) is 1.94. The standard InChI is InChI=1S/C11H11FN2O5/c1-2-11(12)8(17)6(5-15)19-9(11)14-4-3-7(16)13-10(14)18/h1,3-4,6,8-9,15,17H,5H2,(H,13,16,18)/t6-,8?,9-,11+/m1/s1. The van der Waals surface area contributed by atoms with Crippen LogP contribution in [0.1, 0.15) is 6.23 Å². The van der Waals surface area contributed by atoms with E-state index in [1.807, 2.05) is 4.98 Å². The Morgan fingerprint density at radius 3 is 2.84 bits per heavy atom. The van der Waals surface area contributed by atoms with Crippen molar-refractivity contribution < 1.29 is 19.3 Å². The first kappa shape index (κ1) is 13.5. The summed E-state index contributed by atoms with van der Waals surface area (Å²) in [6.45, 7) is -0.664. The molecule has 1 aromatic rings. The van der Waals surface area contributed by atoms with Crippen molar-refractivity contribution >= 4 is 0 Å². The Labute approximate surface area is 106 Å². The molecule has 0 amide bonds. The summed E-state index contributed by atoms with van der Waals surface area (Å²) in [7, 11) is 0. The van der Waals surface area contributed by atoms with Crippen LogP contribution < -0.4 is 11.2 Å². The number of hydrogen-bond acceptors (Lipinski definition) is 5. The number of ether oxygens (including phenoxy) is 1. The Kier molecular flexibility index (Phi) is 3.28. The molecule has 0 aliphatic carbocycles. The van der Waals surface area contributed by atoms with Crippen LogP contribution in [0.15, 0.2) is 21.9 Å². The molecule has 1 saturated heterocycles. The molecule has 0 bridgehead atoms. The summed E-state index contributed by atoms with van der Waals surface area (Å²) in [5.41, 5.74) is -4.28. The molecule has 2 rings (SSSR count). The average Bonchev–Trinajstić information content (AvgIpc) is 2.63. The molecular formula is C11H11FN2O5. The Morgan fingerprint density at radius 2 is 2.32 bits per heavy atom. The van der Waals surface area contributed by atoms with Gasteiger partial charge in [-0.1, -0.05) is 5.92 Å². The van der Waals surface area contributed by atoms with Gasteiger partial charge < -0.3 is 14.9 Å². The van der Waals surface area contributed by atoms with E-state index >= 15 is 0 Å². The smallest absolute Gasteiger partial charge is 0.330 e. The quantitative estimate of drug-likeness (QED) is 0.546. The third-order valence-electron chi connectivity index (χ3n) is 2.95. The number of alkyl halides is 1. The van der Waals surface area contributed by atoms with Crippen LogP contribution in [0, 0.1) is 12.3 Å². The summed E-state index contributed by atoms with van der Waals surface area (Å²) in [5, 5.41) is 18.7. The van der Waals surface area contributed by atoms with Gasteiger partial charge in [0.05, 0.1) is 6.61 Å². The molecule has 8 heteroatoms. The largest absolute Gasteiger partial charge is 0.394 e. The van der Waals surface area contributed by atoms with Crippen LogP contribution in [0.2, 0.25) is 0 Å². The molecule has 0 spiro atoms. The summed E-state index contributed by atoms with van der Waals surface area (Å²) in [4.78, 5) is 24.4. The van der Waals surface area contributed by atoms with E-state index in [1.165, 1.54) is 0 Å². The second-order valence-electron chi connectivity index (χ2n) is 4.08. The molecule has 3 N–H and O–H groups in total. The van der Waals surface area contributed by atoms with E-state index in [-0.39, 0.29) is 0 Å². The molecular weight excluding hydrogens is 259 g/mol. The highest BCUT2D eigenvalue weighted by Gasteiger charge is 2.57. The molecule has 1 aliphatic heterocycles. The Balaban J connectivity index is 2.52. The van der Waals surface area contributed by atoms with E-state index in [9.17, 15) is 19.1 Å². The van der Waals surface area contributed by atoms with E-state index in [0.29, 0.717) is 0 Å². The molecule has 7 nitrogen and oxygen atoms in total. The number of terminal acetylenes is 1. The van der Waals surface area contributed by atoms with Crippen LogP contribution >= 0.6 is 0 Å². The minimum Gasteiger partial charge on any atom is -0.394 e. The number of hydrogen-bond donors (Lipinski definition) is 3. The molecule has 4 atom stereocenters. The number of H-pyrrole nitrogens is 1. The van der Waals surface area contributed by atoms with Crippen LogP contribution in [0.5, 0.6) is 0 Å². The molecule has 1 fully saturated rings. The Bertz CT molecular complexity index is 633. The lowest BCUT2D eigenvalue weighted by Crippen LogP contribution is -2.44. The van der Waals surface area contributed by atoms with E-state index in [4.69, 9.17) is 16.3 Å². The fourth-order valence-electron chi connectivity index (χ4n) is 1.94. The van der Waals surface area contributed by atoms with Crippen molar-refractivity contribution in [3.8, 4) is 12.3 Å². The number of nitrogens with zero attached hydrogens (tertiary/aromatic N) is 1. The molecule has 19 heavy (non-hydrogen) atoms. The van der Waals surface area contributed by atoms with Gasteiger partial charge in [0.2, 0.25) is 5.67 Å². The van der Waals surface area contributed by atoms with Crippen LogP contribution in [-0.4, -0.2) is 44.2 Å². The number of aliphatic hydroxyl groups excluding tert-OH is 2. The molecule has 102 valence electrons. The maximum absolute atomic E-state index is 14.5. The van der Waals surface area contributed by atoms with Gasteiger partial charge in [0.1, 0.15) is 12.2 Å². The van der Waals surface area contributed by atoms with Gasteiger partial charge in [-0.15, -0.1) is 6.42 Å². The average molecular weight is 270 g/mol. The number of aromatic amines is 1. The first-order valence-corrected chi connectivity index (χ1v) is 5.36. The molecule has 0 aromatic carbocycles. The van der Waals surface area contributed by atoms with Crippen molar-refractivity contribution in [3.63, 3.8) is 0 Å². The molecule has 1 aliphatic rings. The minimum absolute atomic E-state index is 0.663. The fraction of sp³-hybridized carbons (Fsp3) is 0.455. The zero-order valence-electron chi connectivity index (χ0n) is 9.62. The third-order valence-corrected chi connectivity index (χ3v) is 2.95. The summed E-state index contributed by atoms with van der Waals surface area (Å²) in [6, 6.07) is 0.986. The highest BCUT2D eigenvalue weighted by atomic mass is 19.1. The second kappa shape index (κ2) is 4.62. The number of nitrogens with one attached hydrogen (secondary N) is 1. The zero-order valence-corrected chi connectivity index (χ0v) is 9.62. The maximum Gasteiger partial charge on any atom is 0.330 e. The lowest BCUT2D eigenvalue weighted by Gasteiger charge is -2.23. The first-order valence-electron chi connectivity index (χ1n) is 5.36. The maximum atomic E-state index is 14.5. The lowest BCUT2D eigenvalue weighted by molar-refractivity contribution is -0.0543. The van der Waals surface area contributed by atoms with Crippen molar-refractivity contribution in [3.05, 3.63) is 33.1 Å². The third kappa shape index (κ3) is 1.98. The lowest BCUT2D eigenvalue weighted by atomic mass is 9.97. The Hall–Kier alpha value is -1.95. The molecule has 1 aromatic heterocycles. The second-order valence-corrected chi connectivity index (χ2v) is 4.08. The first-order chi connectivity index (χ1) is 8.93. The highest BCUT2D eigenvalue weighted by Crippen LogP contribution is 2.40. The van der Waals surface area contributed by atoms with E-state index in [1.54, 1.807) is 5.92 Å². The van der Waals surface area contributed by atoms with Crippen molar-refractivity contribution in [1.82, 2.24) is 9.55 Å². The Morgan fingerprint density at radius 1 is 1.63 bits per heavy atom. The van der Waals surface area contributed by atoms with Crippen LogP contribution in [0.3, 0.4) is 0 Å². The van der Waals surface area contributed by atoms with E-state index < -0.39 is 42.0 Å². The molecule has 0 saturated carbocycles. The van der Waals surface area contributed by atoms with Gasteiger partial charge >= 0.3 is 5.69 Å². The molecule has 1 unspecified atom stereocenters. The summed E-state index contributed by atoms with van der Waals surface area (Å²) in [6.07, 6.45) is 1.38. The predicted molar refractivity (Wildman–Crippen MR) is 61.0 cm³/mol. The summed E-state index contributed by atoms with van der Waals surface area (Å²) in [5.74, 6) is 1.74. The summed E-state index contributed by atoms with van der Waals surface area (Å²) >= 11 is 0. The topological polar surface area (TPSA) is 105 Å². The number of aliphatic hydroxyl groups is 2. The van der Waals surface area contributed by atoms with Crippen molar-refractivity contribution in [2.75, 3.05) is 6.61 Å². The monoisotopic (exact) mass is 270 g/mol. The number of halogens is 1. The molecule has 0 radical (unpaired) electrons. The van der Waals surface area contributed by atoms with Crippen molar-refractivity contribution in [2.45, 2.75) is 24.1 Å². The van der Waals surface area contributed by atoms with Gasteiger partial charge in [-0.25, -0.2) is 9.18 Å². The predicted octanol–water partition coefficient (Wildman–Crippen LogP) is -1.87. The number of aromatic nitrogens is 2. The van der Waals surface area contributed by atoms with Gasteiger partial charge in [-0.05, 0) is 0 Å². The van der Waals surface area contributed by atoms with Crippen molar-refractivity contribution in [2.24, 2.45) is 0 Å². The SMILES string of the molecule is C#C[C@]1(F)C(O)[C@@H](CO)O[C@H]1n1ccc(=O)[nH]c1=O. The van der Waals surface area contributed by atoms with Crippen molar-refractivity contribution in [1.29, 1.82) is 0 Å². The van der Waals surface area contributed by atoms with Crippen LogP contribution in [0.25, 0.3) is 0 Å². The van der Waals surface area contributed by atoms with Crippen LogP contribution in [-0.2, 0) is 4.74 Å². The van der Waals surface area contributed by atoms with E-state index in [2.05, 4.69) is 0 Å². The number of rotatable bonds is 2. The minimum atomic E-state index is -2.69. The summed E-state index contributed by atoms with van der Waals surface area (Å²) < 4.78 is 20.3. The normalized spacial score (nSPS) is 34.1. The van der Waals surface area contributed by atoms with E-state index in [0.717, 1.165) is 16.8 Å². The highest BCUT2D eigenvalue weighted by molar-refractivity contribution is 5.19. The van der Waals surface area contributed by atoms with Gasteiger partial charge in [0.15, 0.2) is 6.23 Å². The van der Waals surface area contributed by atoms with Gasteiger partial charge in [0, 0.05) is 12.3 Å². The van der Waals surface area contributed by atoms with Crippen LogP contribution in [0.4, 0.5) is 4.39 Å². The van der Waals surface area contributed by atoms with Gasteiger partial charge in [-0.3, -0.25) is 14.3 Å². The zero-order chi connectivity index (χ0) is 14.2. The van der Waals surface area contributed by atoms with Gasteiger partial charge in [-0.2, -0.15) is 0 Å². The molecule has 2 heterocycles. The van der Waals surface area contributed by atoms with Gasteiger partial charge in [0.25, 0.3) is 5.56 Å².